The Hall–Kier alpha value is -3.35. The van der Waals surface area contributed by atoms with Crippen LogP contribution >= 0.6 is 0 Å². The molecule has 3 rings (SSSR count). The predicted octanol–water partition coefficient (Wildman–Crippen LogP) is 3.32. The fraction of sp³-hybridized carbons (Fsp3) is 0.250. The van der Waals surface area contributed by atoms with Gasteiger partial charge in [-0.25, -0.2) is 14.8 Å². The molecule has 0 fully saturated rings. The van der Waals surface area contributed by atoms with Crippen LogP contribution in [0, 0.1) is 6.92 Å². The molecule has 0 unspecified atom stereocenters. The van der Waals surface area contributed by atoms with Crippen LogP contribution in [0.5, 0.6) is 17.2 Å². The monoisotopic (exact) mass is 368 g/mol. The van der Waals surface area contributed by atoms with E-state index in [2.05, 4.69) is 9.97 Å². The summed E-state index contributed by atoms with van der Waals surface area (Å²) in [5.74, 6) is 0.489. The summed E-state index contributed by atoms with van der Waals surface area (Å²) in [4.78, 5) is 21.6. The lowest BCUT2D eigenvalue weighted by atomic mass is 10.1. The van der Waals surface area contributed by atoms with E-state index in [9.17, 15) is 4.79 Å². The molecule has 0 aliphatic rings. The minimum absolute atomic E-state index is 0.0000000787. The summed E-state index contributed by atoms with van der Waals surface area (Å²) in [5.41, 5.74) is 3.09. The number of esters is 1. The molecule has 140 valence electrons. The first-order chi connectivity index (χ1) is 13.1. The van der Waals surface area contributed by atoms with E-state index in [4.69, 9.17) is 18.9 Å². The third kappa shape index (κ3) is 3.62. The number of benzene rings is 2. The van der Waals surface area contributed by atoms with Crippen LogP contribution in [0.1, 0.15) is 21.7 Å². The summed E-state index contributed by atoms with van der Waals surface area (Å²) in [5, 5.41) is 0. The standard InChI is InChI=1S/C20H20N2O5/c1-12-16(22-15-8-6-5-7-14(15)21-12)11-27-20(23)13-9-10-17(24-2)19(26-4)18(13)25-3/h5-10H,11H2,1-4H3. The van der Waals surface area contributed by atoms with Gasteiger partial charge in [-0.2, -0.15) is 0 Å². The van der Waals surface area contributed by atoms with E-state index in [1.54, 1.807) is 12.1 Å². The molecule has 2 aromatic carbocycles. The zero-order chi connectivity index (χ0) is 19.4. The quantitative estimate of drug-likeness (QED) is 0.618. The van der Waals surface area contributed by atoms with Crippen LogP contribution in [0.4, 0.5) is 0 Å². The number of aryl methyl sites for hydroxylation is 1. The van der Waals surface area contributed by atoms with E-state index in [1.165, 1.54) is 21.3 Å². The molecule has 0 aliphatic carbocycles. The molecular formula is C20H20N2O5. The second kappa shape index (κ2) is 7.90. The smallest absolute Gasteiger partial charge is 0.342 e. The van der Waals surface area contributed by atoms with Gasteiger partial charge in [0, 0.05) is 0 Å². The van der Waals surface area contributed by atoms with Crippen LogP contribution in [-0.2, 0) is 11.3 Å². The Kier molecular flexibility index (Phi) is 5.40. The van der Waals surface area contributed by atoms with Crippen LogP contribution in [0.25, 0.3) is 11.0 Å². The normalized spacial score (nSPS) is 10.5. The highest BCUT2D eigenvalue weighted by atomic mass is 16.5. The Morgan fingerprint density at radius 2 is 1.56 bits per heavy atom. The van der Waals surface area contributed by atoms with Crippen molar-refractivity contribution in [2.24, 2.45) is 0 Å². The molecule has 7 nitrogen and oxygen atoms in total. The van der Waals surface area contributed by atoms with Crippen molar-refractivity contribution in [3.05, 3.63) is 53.3 Å². The van der Waals surface area contributed by atoms with Crippen molar-refractivity contribution in [1.29, 1.82) is 0 Å². The summed E-state index contributed by atoms with van der Waals surface area (Å²) in [7, 11) is 4.44. The number of ether oxygens (including phenoxy) is 4. The van der Waals surface area contributed by atoms with E-state index in [-0.39, 0.29) is 17.9 Å². The molecule has 27 heavy (non-hydrogen) atoms. The highest BCUT2D eigenvalue weighted by Crippen LogP contribution is 2.40. The fourth-order valence-corrected chi connectivity index (χ4v) is 2.74. The van der Waals surface area contributed by atoms with Gasteiger partial charge in [0.15, 0.2) is 11.5 Å². The van der Waals surface area contributed by atoms with Crippen LogP contribution in [0.2, 0.25) is 0 Å². The zero-order valence-electron chi connectivity index (χ0n) is 15.6. The molecule has 0 saturated heterocycles. The number of para-hydroxylation sites is 2. The van der Waals surface area contributed by atoms with E-state index < -0.39 is 5.97 Å². The summed E-state index contributed by atoms with van der Waals surface area (Å²) < 4.78 is 21.3. The maximum atomic E-state index is 12.6. The third-order valence-electron chi connectivity index (χ3n) is 4.11. The van der Waals surface area contributed by atoms with Crippen molar-refractivity contribution in [1.82, 2.24) is 9.97 Å². The molecule has 0 aliphatic heterocycles. The second-order valence-corrected chi connectivity index (χ2v) is 5.70. The number of fused-ring (bicyclic) bond motifs is 1. The number of hydrogen-bond acceptors (Lipinski definition) is 7. The summed E-state index contributed by atoms with van der Waals surface area (Å²) >= 11 is 0. The van der Waals surface area contributed by atoms with Gasteiger partial charge in [0.05, 0.1) is 43.8 Å². The molecule has 3 aromatic rings. The lowest BCUT2D eigenvalue weighted by molar-refractivity contribution is 0.0462. The molecular weight excluding hydrogens is 348 g/mol. The molecule has 0 spiro atoms. The van der Waals surface area contributed by atoms with Gasteiger partial charge >= 0.3 is 5.97 Å². The lowest BCUT2D eigenvalue weighted by Crippen LogP contribution is -2.10. The van der Waals surface area contributed by atoms with Gasteiger partial charge in [0.25, 0.3) is 0 Å². The number of nitrogens with zero attached hydrogens (tertiary/aromatic N) is 2. The van der Waals surface area contributed by atoms with Crippen LogP contribution < -0.4 is 14.2 Å². The van der Waals surface area contributed by atoms with Crippen LogP contribution in [-0.4, -0.2) is 37.3 Å². The van der Waals surface area contributed by atoms with Crippen LogP contribution in [0.15, 0.2) is 36.4 Å². The zero-order valence-corrected chi connectivity index (χ0v) is 15.6. The van der Waals surface area contributed by atoms with Crippen molar-refractivity contribution < 1.29 is 23.7 Å². The van der Waals surface area contributed by atoms with Crippen molar-refractivity contribution in [3.63, 3.8) is 0 Å². The van der Waals surface area contributed by atoms with E-state index in [0.717, 1.165) is 11.0 Å². The number of methoxy groups -OCH3 is 3. The van der Waals surface area contributed by atoms with Crippen molar-refractivity contribution in [2.75, 3.05) is 21.3 Å². The molecule has 0 bridgehead atoms. The van der Waals surface area contributed by atoms with Gasteiger partial charge in [-0.15, -0.1) is 0 Å². The Morgan fingerprint density at radius 3 is 2.19 bits per heavy atom. The summed E-state index contributed by atoms with van der Waals surface area (Å²) in [6.45, 7) is 1.83. The average Bonchev–Trinajstić information content (AvgIpc) is 2.70. The molecule has 0 N–H and O–H groups in total. The SMILES string of the molecule is COc1ccc(C(=O)OCc2nc3ccccc3nc2C)c(OC)c1OC. The minimum Gasteiger partial charge on any atom is -0.493 e. The number of aromatic nitrogens is 2. The van der Waals surface area contributed by atoms with Crippen molar-refractivity contribution >= 4 is 17.0 Å². The maximum absolute atomic E-state index is 12.6. The lowest BCUT2D eigenvalue weighted by Gasteiger charge is -2.15. The molecule has 0 atom stereocenters. The molecule has 0 amide bonds. The Bertz CT molecular complexity index is 988. The summed E-state index contributed by atoms with van der Waals surface area (Å²) in [6, 6.07) is 10.7. The highest BCUT2D eigenvalue weighted by molar-refractivity contribution is 5.94. The van der Waals surface area contributed by atoms with Gasteiger partial charge < -0.3 is 18.9 Å². The van der Waals surface area contributed by atoms with Crippen molar-refractivity contribution in [3.8, 4) is 17.2 Å². The molecule has 0 radical (unpaired) electrons. The third-order valence-corrected chi connectivity index (χ3v) is 4.11. The van der Waals surface area contributed by atoms with Gasteiger partial charge in [0.2, 0.25) is 5.75 Å². The minimum atomic E-state index is -0.554. The van der Waals surface area contributed by atoms with Crippen molar-refractivity contribution in [2.45, 2.75) is 13.5 Å². The Balaban J connectivity index is 1.85. The maximum Gasteiger partial charge on any atom is 0.342 e. The molecule has 7 heteroatoms. The number of rotatable bonds is 6. The van der Waals surface area contributed by atoms with Gasteiger partial charge in [0.1, 0.15) is 12.2 Å². The van der Waals surface area contributed by atoms with Gasteiger partial charge in [-0.1, -0.05) is 12.1 Å². The molecule has 0 saturated carbocycles. The predicted molar refractivity (Wildman–Crippen MR) is 99.5 cm³/mol. The number of carbonyl (C=O) groups excluding carboxylic acids is 1. The molecule has 1 aromatic heterocycles. The Morgan fingerprint density at radius 1 is 0.889 bits per heavy atom. The average molecular weight is 368 g/mol. The van der Waals surface area contributed by atoms with E-state index >= 15 is 0 Å². The topological polar surface area (TPSA) is 79.8 Å². The largest absolute Gasteiger partial charge is 0.493 e. The fourth-order valence-electron chi connectivity index (χ4n) is 2.74. The van der Waals surface area contributed by atoms with E-state index in [0.29, 0.717) is 22.9 Å². The van der Waals surface area contributed by atoms with Crippen LogP contribution in [0.3, 0.4) is 0 Å². The highest BCUT2D eigenvalue weighted by Gasteiger charge is 2.22. The first kappa shape index (κ1) is 18.4. The first-order valence-corrected chi connectivity index (χ1v) is 8.27. The molecule has 1 heterocycles. The van der Waals surface area contributed by atoms with E-state index in [1.807, 2.05) is 31.2 Å². The Labute approximate surface area is 156 Å². The number of carbonyl (C=O) groups is 1. The van der Waals surface area contributed by atoms with Gasteiger partial charge in [-0.3, -0.25) is 0 Å². The number of hydrogen-bond donors (Lipinski definition) is 0. The summed E-state index contributed by atoms with van der Waals surface area (Å²) in [6.07, 6.45) is 0. The second-order valence-electron chi connectivity index (χ2n) is 5.70. The first-order valence-electron chi connectivity index (χ1n) is 8.27. The van der Waals surface area contributed by atoms with Gasteiger partial charge in [-0.05, 0) is 31.2 Å².